The highest BCUT2D eigenvalue weighted by Crippen LogP contribution is 2.16. The van der Waals surface area contributed by atoms with Crippen molar-refractivity contribution in [1.82, 2.24) is 0 Å². The highest BCUT2D eigenvalue weighted by Gasteiger charge is 2.21. The molecular formula is C27H58BrNO2S. The van der Waals surface area contributed by atoms with Crippen molar-refractivity contribution in [2.75, 3.05) is 52.4 Å². The monoisotopic (exact) mass is 539 g/mol. The summed E-state index contributed by atoms with van der Waals surface area (Å²) in [6.45, 7) is 4.62. The molecule has 0 heterocycles. The molecule has 1 atom stereocenters. The normalized spacial score (nSPS) is 12.7. The Labute approximate surface area is 217 Å². The van der Waals surface area contributed by atoms with E-state index in [2.05, 4.69) is 32.8 Å². The van der Waals surface area contributed by atoms with E-state index in [1.54, 1.807) is 0 Å². The second kappa shape index (κ2) is 26.3. The summed E-state index contributed by atoms with van der Waals surface area (Å²) in [4.78, 5) is 0. The minimum absolute atomic E-state index is 0. The Kier molecular flexibility index (Phi) is 28.7. The van der Waals surface area contributed by atoms with E-state index in [-0.39, 0.29) is 23.6 Å². The summed E-state index contributed by atoms with van der Waals surface area (Å²) in [6.07, 6.45) is 24.1. The fraction of sp³-hybridized carbons (Fsp3) is 1.00. The first-order valence-electron chi connectivity index (χ1n) is 13.6. The molecule has 196 valence electrons. The zero-order chi connectivity index (χ0) is 23.0. The van der Waals surface area contributed by atoms with Crippen LogP contribution >= 0.6 is 11.8 Å². The van der Waals surface area contributed by atoms with Crippen LogP contribution in [0.4, 0.5) is 0 Å². The third kappa shape index (κ3) is 25.3. The maximum Gasteiger partial charge on any atom is 0.115 e. The van der Waals surface area contributed by atoms with Crippen molar-refractivity contribution in [2.24, 2.45) is 0 Å². The minimum atomic E-state index is 0. The van der Waals surface area contributed by atoms with Crippen molar-refractivity contribution >= 4 is 11.8 Å². The number of likely N-dealkylation sites (N-methyl/N-ethyl adjacent to an activating group) is 1. The van der Waals surface area contributed by atoms with Crippen LogP contribution in [0.1, 0.15) is 116 Å². The number of aliphatic hydroxyl groups excluding tert-OH is 1. The molecular weight excluding hydrogens is 482 g/mol. The van der Waals surface area contributed by atoms with Gasteiger partial charge in [-0.3, -0.25) is 0 Å². The lowest BCUT2D eigenvalue weighted by molar-refractivity contribution is -0.893. The molecule has 0 aromatic carbocycles. The number of ether oxygens (including phenoxy) is 1. The van der Waals surface area contributed by atoms with Gasteiger partial charge in [0.1, 0.15) is 12.6 Å². The Hall–Kier alpha value is 0.710. The lowest BCUT2D eigenvalue weighted by Gasteiger charge is -2.32. The van der Waals surface area contributed by atoms with Crippen LogP contribution in [-0.4, -0.2) is 68.1 Å². The third-order valence-corrected chi connectivity index (χ3v) is 7.58. The maximum atomic E-state index is 9.05. The van der Waals surface area contributed by atoms with Crippen LogP contribution in [-0.2, 0) is 4.74 Å². The third-order valence-electron chi connectivity index (χ3n) is 6.40. The van der Waals surface area contributed by atoms with Crippen LogP contribution in [0.15, 0.2) is 0 Å². The van der Waals surface area contributed by atoms with Gasteiger partial charge in [-0.1, -0.05) is 103 Å². The summed E-state index contributed by atoms with van der Waals surface area (Å²) in [6, 6.07) is 0. The van der Waals surface area contributed by atoms with Gasteiger partial charge in [-0.15, -0.1) is 0 Å². The number of hydrogen-bond acceptors (Lipinski definition) is 3. The predicted molar refractivity (Wildman–Crippen MR) is 141 cm³/mol. The van der Waals surface area contributed by atoms with Gasteiger partial charge in [0.05, 0.1) is 20.6 Å². The Morgan fingerprint density at radius 3 is 1.56 bits per heavy atom. The van der Waals surface area contributed by atoms with E-state index in [0.717, 1.165) is 29.7 Å². The molecule has 0 aliphatic carbocycles. The van der Waals surface area contributed by atoms with E-state index >= 15 is 0 Å². The number of quaternary nitrogens is 1. The maximum absolute atomic E-state index is 9.05. The standard InChI is InChI=1S/C27H58NO2S.BrH/c1-5-6-7-8-9-10-11-12-13-14-15-16-17-18-19-20-24-31-26-27(30-4)25-28(2,3)22-21-23-29;/h27,29H,5-26H2,1-4H3;1H/q+1;/p-1. The largest absolute Gasteiger partial charge is 1.00 e. The van der Waals surface area contributed by atoms with Gasteiger partial charge in [0, 0.05) is 25.9 Å². The highest BCUT2D eigenvalue weighted by molar-refractivity contribution is 7.99. The van der Waals surface area contributed by atoms with Crippen LogP contribution in [0.3, 0.4) is 0 Å². The summed E-state index contributed by atoms with van der Waals surface area (Å²) in [5, 5.41) is 9.05. The van der Waals surface area contributed by atoms with E-state index < -0.39 is 0 Å². The summed E-state index contributed by atoms with van der Waals surface area (Å²) in [5.74, 6) is 2.36. The molecule has 0 spiro atoms. The molecule has 32 heavy (non-hydrogen) atoms. The van der Waals surface area contributed by atoms with E-state index in [9.17, 15) is 0 Å². The molecule has 1 N–H and O–H groups in total. The van der Waals surface area contributed by atoms with Crippen LogP contribution < -0.4 is 17.0 Å². The zero-order valence-corrected chi connectivity index (χ0v) is 24.6. The summed E-state index contributed by atoms with van der Waals surface area (Å²) in [7, 11) is 6.32. The van der Waals surface area contributed by atoms with Crippen molar-refractivity contribution in [3.05, 3.63) is 0 Å². The van der Waals surface area contributed by atoms with E-state index in [1.807, 2.05) is 7.11 Å². The first-order valence-corrected chi connectivity index (χ1v) is 14.7. The molecule has 0 amide bonds. The van der Waals surface area contributed by atoms with Gasteiger partial charge < -0.3 is 31.3 Å². The second-order valence-corrected chi connectivity index (χ2v) is 11.3. The molecule has 0 radical (unpaired) electrons. The number of thioether (sulfide) groups is 1. The fourth-order valence-electron chi connectivity index (χ4n) is 4.30. The Morgan fingerprint density at radius 1 is 0.719 bits per heavy atom. The number of rotatable bonds is 25. The topological polar surface area (TPSA) is 29.5 Å². The number of halogens is 1. The number of nitrogens with zero attached hydrogens (tertiary/aromatic N) is 1. The average molecular weight is 541 g/mol. The predicted octanol–water partition coefficient (Wildman–Crippen LogP) is 4.46. The van der Waals surface area contributed by atoms with Crippen LogP contribution in [0.25, 0.3) is 0 Å². The minimum Gasteiger partial charge on any atom is -1.00 e. The van der Waals surface area contributed by atoms with Crippen molar-refractivity contribution in [1.29, 1.82) is 0 Å². The van der Waals surface area contributed by atoms with Gasteiger partial charge in [-0.2, -0.15) is 11.8 Å². The van der Waals surface area contributed by atoms with Crippen molar-refractivity contribution in [2.45, 2.75) is 122 Å². The highest BCUT2D eigenvalue weighted by atomic mass is 79.9. The quantitative estimate of drug-likeness (QED) is 0.137. The van der Waals surface area contributed by atoms with Gasteiger partial charge in [0.25, 0.3) is 0 Å². The van der Waals surface area contributed by atoms with E-state index in [0.29, 0.717) is 6.10 Å². The van der Waals surface area contributed by atoms with Gasteiger partial charge in [-0.25, -0.2) is 0 Å². The molecule has 0 aromatic heterocycles. The molecule has 0 bridgehead atoms. The molecule has 0 aliphatic rings. The van der Waals surface area contributed by atoms with E-state index in [1.165, 1.54) is 108 Å². The number of hydrogen-bond donors (Lipinski definition) is 1. The lowest BCUT2D eigenvalue weighted by atomic mass is 10.0. The van der Waals surface area contributed by atoms with Crippen molar-refractivity contribution in [3.8, 4) is 0 Å². The van der Waals surface area contributed by atoms with Gasteiger partial charge in [-0.05, 0) is 12.2 Å². The Bertz CT molecular complexity index is 359. The molecule has 3 nitrogen and oxygen atoms in total. The molecule has 0 aromatic rings. The first kappa shape index (κ1) is 34.9. The van der Waals surface area contributed by atoms with Gasteiger partial charge in [0.2, 0.25) is 0 Å². The number of unbranched alkanes of at least 4 members (excludes halogenated alkanes) is 15. The van der Waals surface area contributed by atoms with Gasteiger partial charge >= 0.3 is 0 Å². The molecule has 0 fully saturated rings. The SMILES string of the molecule is CCCCCCCCCCCCCCCCCCSCC(C[N+](C)(C)CCCO)OC.[Br-]. The van der Waals surface area contributed by atoms with Crippen molar-refractivity contribution in [3.63, 3.8) is 0 Å². The number of methoxy groups -OCH3 is 1. The van der Waals surface area contributed by atoms with Crippen molar-refractivity contribution < 1.29 is 31.3 Å². The van der Waals surface area contributed by atoms with Crippen LogP contribution in [0.2, 0.25) is 0 Å². The summed E-state index contributed by atoms with van der Waals surface area (Å²) >= 11 is 2.05. The molecule has 0 rings (SSSR count). The number of aliphatic hydroxyl groups is 1. The fourth-order valence-corrected chi connectivity index (χ4v) is 5.38. The first-order chi connectivity index (χ1) is 15.1. The van der Waals surface area contributed by atoms with Crippen LogP contribution in [0.5, 0.6) is 0 Å². The Morgan fingerprint density at radius 2 is 1.16 bits per heavy atom. The molecule has 0 saturated carbocycles. The van der Waals surface area contributed by atoms with E-state index in [4.69, 9.17) is 9.84 Å². The second-order valence-electron chi connectivity index (χ2n) is 10.2. The molecule has 0 saturated heterocycles. The van der Waals surface area contributed by atoms with Gasteiger partial charge in [0.15, 0.2) is 0 Å². The average Bonchev–Trinajstić information content (AvgIpc) is 2.76. The molecule has 5 heteroatoms. The van der Waals surface area contributed by atoms with Crippen LogP contribution in [0, 0.1) is 0 Å². The Balaban J connectivity index is 0. The molecule has 0 aliphatic heterocycles. The zero-order valence-electron chi connectivity index (χ0n) is 22.2. The molecule has 1 unspecified atom stereocenters. The summed E-state index contributed by atoms with van der Waals surface area (Å²) < 4.78 is 6.63. The smallest absolute Gasteiger partial charge is 0.115 e. The summed E-state index contributed by atoms with van der Waals surface area (Å²) in [5.41, 5.74) is 0. The lowest BCUT2D eigenvalue weighted by Crippen LogP contribution is -3.00.